The summed E-state index contributed by atoms with van der Waals surface area (Å²) in [6, 6.07) is 15.7. The Morgan fingerprint density at radius 3 is 2.47 bits per heavy atom. The van der Waals surface area contributed by atoms with E-state index in [-0.39, 0.29) is 12.3 Å². The summed E-state index contributed by atoms with van der Waals surface area (Å²) < 4.78 is 53.8. The van der Waals surface area contributed by atoms with Gasteiger partial charge in [0.25, 0.3) is 0 Å². The third-order valence-corrected chi connectivity index (χ3v) is 7.21. The van der Waals surface area contributed by atoms with E-state index in [4.69, 9.17) is 9.47 Å². The van der Waals surface area contributed by atoms with Crippen molar-refractivity contribution >= 4 is 36.8 Å². The average molecular weight is 577 g/mol. The van der Waals surface area contributed by atoms with Crippen molar-refractivity contribution in [2.24, 2.45) is 0 Å². The topological polar surface area (TPSA) is 79.5 Å². The van der Waals surface area contributed by atoms with E-state index < -0.39 is 27.4 Å². The fourth-order valence-corrected chi connectivity index (χ4v) is 5.56. The summed E-state index contributed by atoms with van der Waals surface area (Å²) in [5.74, 6) is 0.251. The molecule has 1 atom stereocenters. The zero-order chi connectivity index (χ0) is 26.0. The van der Waals surface area contributed by atoms with Gasteiger partial charge in [0.1, 0.15) is 15.7 Å². The van der Waals surface area contributed by atoms with Crippen molar-refractivity contribution in [1.82, 2.24) is 9.13 Å². The number of fused-ring (bicyclic) bond motifs is 1. The lowest BCUT2D eigenvalue weighted by Gasteiger charge is -2.20. The van der Waals surface area contributed by atoms with Gasteiger partial charge in [-0.1, -0.05) is 34.1 Å². The molecule has 0 amide bonds. The maximum atomic E-state index is 13.9. The first kappa shape index (κ1) is 26.0. The van der Waals surface area contributed by atoms with Crippen LogP contribution in [0.25, 0.3) is 11.0 Å². The molecule has 1 heterocycles. The van der Waals surface area contributed by atoms with Gasteiger partial charge in [0, 0.05) is 10.7 Å². The van der Waals surface area contributed by atoms with Gasteiger partial charge >= 0.3 is 5.69 Å². The molecular formula is C26H26BrFN2O5S. The number of nitrogens with zero attached hydrogens (tertiary/aromatic N) is 2. The van der Waals surface area contributed by atoms with Crippen LogP contribution in [0.4, 0.5) is 4.39 Å². The van der Waals surface area contributed by atoms with Crippen molar-refractivity contribution < 1.29 is 22.3 Å². The van der Waals surface area contributed by atoms with Crippen LogP contribution in [0.15, 0.2) is 69.9 Å². The van der Waals surface area contributed by atoms with Gasteiger partial charge in [-0.15, -0.1) is 0 Å². The zero-order valence-corrected chi connectivity index (χ0v) is 22.5. The number of aromatic nitrogens is 2. The Kier molecular flexibility index (Phi) is 7.56. The van der Waals surface area contributed by atoms with Gasteiger partial charge in [-0.05, 0) is 60.5 Å². The van der Waals surface area contributed by atoms with Crippen molar-refractivity contribution in [3.63, 3.8) is 0 Å². The molecule has 36 heavy (non-hydrogen) atoms. The van der Waals surface area contributed by atoms with E-state index in [1.165, 1.54) is 28.4 Å². The van der Waals surface area contributed by atoms with Gasteiger partial charge in [0.2, 0.25) is 0 Å². The summed E-state index contributed by atoms with van der Waals surface area (Å²) in [6.07, 6.45) is 1.14. The van der Waals surface area contributed by atoms with Crippen LogP contribution in [0.3, 0.4) is 0 Å². The van der Waals surface area contributed by atoms with Crippen molar-refractivity contribution in [2.45, 2.75) is 19.5 Å². The highest BCUT2D eigenvalue weighted by Crippen LogP contribution is 2.33. The van der Waals surface area contributed by atoms with Crippen molar-refractivity contribution in [3.05, 3.63) is 92.6 Å². The van der Waals surface area contributed by atoms with Crippen molar-refractivity contribution in [1.29, 1.82) is 0 Å². The Morgan fingerprint density at radius 1 is 1.03 bits per heavy atom. The third-order valence-electron chi connectivity index (χ3n) is 5.80. The Labute approximate surface area is 217 Å². The summed E-state index contributed by atoms with van der Waals surface area (Å²) in [5.41, 5.74) is 1.94. The molecular weight excluding hydrogens is 551 g/mol. The van der Waals surface area contributed by atoms with Gasteiger partial charge in [-0.2, -0.15) is 0 Å². The summed E-state index contributed by atoms with van der Waals surface area (Å²) >= 11 is 3.46. The fourth-order valence-electron chi connectivity index (χ4n) is 4.30. The smallest absolute Gasteiger partial charge is 0.330 e. The molecule has 10 heteroatoms. The number of hydrogen-bond donors (Lipinski definition) is 0. The highest BCUT2D eigenvalue weighted by Gasteiger charge is 2.27. The SMILES string of the molecule is CCOc1cc([C@H](CS(C)(=O)=O)n2c(=O)n(Cc3cccc(F)c3)c3cc(Br)ccc32)ccc1OC. The Balaban J connectivity index is 1.96. The first-order valence-electron chi connectivity index (χ1n) is 11.2. The molecule has 1 aromatic heterocycles. The van der Waals surface area contributed by atoms with E-state index in [9.17, 15) is 17.6 Å². The molecule has 0 radical (unpaired) electrons. The second-order valence-corrected chi connectivity index (χ2v) is 11.6. The molecule has 0 fully saturated rings. The number of rotatable bonds is 9. The van der Waals surface area contributed by atoms with Crippen molar-refractivity contribution in [2.75, 3.05) is 25.7 Å². The second kappa shape index (κ2) is 10.5. The predicted molar refractivity (Wildman–Crippen MR) is 141 cm³/mol. The summed E-state index contributed by atoms with van der Waals surface area (Å²) in [5, 5.41) is 0. The standard InChI is InChI=1S/C26H26BrFN2O5S/c1-4-35-25-13-18(8-11-24(25)34-2)23(16-36(3,32)33)30-21-10-9-19(27)14-22(21)29(26(30)31)15-17-6-5-7-20(28)12-17/h5-14,23H,4,15-16H2,1-3H3/t23-/m0/s1. The van der Waals surface area contributed by atoms with Crippen LogP contribution < -0.4 is 15.2 Å². The van der Waals surface area contributed by atoms with Crippen LogP contribution in [0, 0.1) is 5.82 Å². The van der Waals surface area contributed by atoms with E-state index in [2.05, 4.69) is 15.9 Å². The summed E-state index contributed by atoms with van der Waals surface area (Å²) in [7, 11) is -1.99. The quantitative estimate of drug-likeness (QED) is 0.286. The molecule has 190 valence electrons. The van der Waals surface area contributed by atoms with E-state index >= 15 is 0 Å². The summed E-state index contributed by atoms with van der Waals surface area (Å²) in [6.45, 7) is 2.34. The van der Waals surface area contributed by atoms with Gasteiger partial charge in [0.15, 0.2) is 11.5 Å². The number of benzene rings is 3. The molecule has 4 rings (SSSR count). The second-order valence-electron chi connectivity index (χ2n) is 8.45. The van der Waals surface area contributed by atoms with E-state index in [0.29, 0.717) is 40.3 Å². The normalized spacial score (nSPS) is 12.6. The number of halogens is 2. The Bertz CT molecular complexity index is 1580. The third kappa shape index (κ3) is 5.49. The molecule has 0 unspecified atom stereocenters. The van der Waals surface area contributed by atoms with E-state index in [1.807, 2.05) is 6.92 Å². The highest BCUT2D eigenvalue weighted by molar-refractivity contribution is 9.10. The van der Waals surface area contributed by atoms with Crippen LogP contribution >= 0.6 is 15.9 Å². The predicted octanol–water partition coefficient (Wildman–Crippen LogP) is 4.79. The molecule has 4 aromatic rings. The molecule has 0 saturated heterocycles. The van der Waals surface area contributed by atoms with Crippen LogP contribution in [0.1, 0.15) is 24.1 Å². The number of hydrogen-bond acceptors (Lipinski definition) is 5. The van der Waals surface area contributed by atoms with Gasteiger partial charge < -0.3 is 9.47 Å². The summed E-state index contributed by atoms with van der Waals surface area (Å²) in [4.78, 5) is 13.9. The number of methoxy groups -OCH3 is 1. The minimum atomic E-state index is -3.51. The maximum Gasteiger partial charge on any atom is 0.330 e. The minimum absolute atomic E-state index is 0.120. The first-order valence-corrected chi connectivity index (χ1v) is 14.1. The van der Waals surface area contributed by atoms with Crippen LogP contribution in [0.5, 0.6) is 11.5 Å². The molecule has 0 saturated carbocycles. The minimum Gasteiger partial charge on any atom is -0.493 e. The highest BCUT2D eigenvalue weighted by atomic mass is 79.9. The molecule has 0 bridgehead atoms. The lowest BCUT2D eigenvalue weighted by Crippen LogP contribution is -2.32. The monoisotopic (exact) mass is 576 g/mol. The molecule has 3 aromatic carbocycles. The van der Waals surface area contributed by atoms with Crippen LogP contribution in [0.2, 0.25) is 0 Å². The lowest BCUT2D eigenvalue weighted by molar-refractivity contribution is 0.310. The Hall–Kier alpha value is -3.11. The average Bonchev–Trinajstić information content (AvgIpc) is 3.07. The zero-order valence-electron chi connectivity index (χ0n) is 20.1. The molecule has 0 aliphatic carbocycles. The first-order chi connectivity index (χ1) is 17.1. The van der Waals surface area contributed by atoms with Crippen LogP contribution in [-0.4, -0.2) is 43.3 Å². The number of imidazole rings is 1. The molecule has 7 nitrogen and oxygen atoms in total. The Morgan fingerprint density at radius 2 is 1.81 bits per heavy atom. The van der Waals surface area contributed by atoms with Gasteiger partial charge in [-0.3, -0.25) is 9.13 Å². The molecule has 0 N–H and O–H groups in total. The van der Waals surface area contributed by atoms with Crippen molar-refractivity contribution in [3.8, 4) is 11.5 Å². The van der Waals surface area contributed by atoms with Crippen LogP contribution in [-0.2, 0) is 16.4 Å². The van der Waals surface area contributed by atoms with Gasteiger partial charge in [-0.25, -0.2) is 17.6 Å². The number of sulfone groups is 1. The lowest BCUT2D eigenvalue weighted by atomic mass is 10.1. The molecule has 0 aliphatic heterocycles. The number of ether oxygens (including phenoxy) is 2. The fraction of sp³-hybridized carbons (Fsp3) is 0.269. The molecule has 0 spiro atoms. The van der Waals surface area contributed by atoms with E-state index in [0.717, 1.165) is 10.7 Å². The maximum absolute atomic E-state index is 13.9. The van der Waals surface area contributed by atoms with Gasteiger partial charge in [0.05, 0.1) is 43.1 Å². The largest absolute Gasteiger partial charge is 0.493 e. The van der Waals surface area contributed by atoms with E-state index in [1.54, 1.807) is 48.5 Å². The molecule has 0 aliphatic rings.